The number of alkyl carbamates (subject to hydrolysis) is 1. The summed E-state index contributed by atoms with van der Waals surface area (Å²) in [5.74, 6) is 0. The van der Waals surface area contributed by atoms with E-state index in [0.29, 0.717) is 0 Å². The van der Waals surface area contributed by atoms with Gasteiger partial charge in [0.25, 0.3) is 0 Å². The third kappa shape index (κ3) is 8.46. The zero-order chi connectivity index (χ0) is 13.0. The fourth-order valence-corrected chi connectivity index (χ4v) is 2.77. The van der Waals surface area contributed by atoms with E-state index in [9.17, 15) is 9.59 Å². The zero-order valence-corrected chi connectivity index (χ0v) is 12.1. The second-order valence-corrected chi connectivity index (χ2v) is 11.7. The molecule has 0 aromatic carbocycles. The maximum Gasteiger partial charge on any atom is 0.408 e. The molecule has 0 bridgehead atoms. The van der Waals surface area contributed by atoms with Crippen LogP contribution >= 0.6 is 0 Å². The van der Waals surface area contributed by atoms with Gasteiger partial charge in [0.05, 0.1) is 6.04 Å². The van der Waals surface area contributed by atoms with Crippen LogP contribution in [0.1, 0.15) is 20.8 Å². The Morgan fingerprint density at radius 2 is 1.88 bits per heavy atom. The topological polar surface area (TPSA) is 55.4 Å². The predicted molar refractivity (Wildman–Crippen MR) is 67.4 cm³/mol. The first-order valence-electron chi connectivity index (χ1n) is 5.48. The van der Waals surface area contributed by atoms with E-state index in [0.717, 1.165) is 12.3 Å². The number of ether oxygens (including phenoxy) is 1. The van der Waals surface area contributed by atoms with Crippen molar-refractivity contribution >= 4 is 20.5 Å². The molecule has 0 aromatic rings. The van der Waals surface area contributed by atoms with Crippen molar-refractivity contribution in [2.24, 2.45) is 0 Å². The van der Waals surface area contributed by atoms with Gasteiger partial charge in [0.2, 0.25) is 0 Å². The third-order valence-electron chi connectivity index (χ3n) is 1.70. The fourth-order valence-electron chi connectivity index (χ4n) is 1.25. The molecule has 0 aliphatic rings. The van der Waals surface area contributed by atoms with Crippen LogP contribution in [0, 0.1) is 0 Å². The maximum atomic E-state index is 11.4. The van der Waals surface area contributed by atoms with Crippen molar-refractivity contribution in [1.82, 2.24) is 5.32 Å². The minimum atomic E-state index is -1.37. The first kappa shape index (κ1) is 15.2. The van der Waals surface area contributed by atoms with E-state index in [1.165, 1.54) is 0 Å². The third-order valence-corrected chi connectivity index (χ3v) is 3.36. The van der Waals surface area contributed by atoms with Crippen LogP contribution in [0.2, 0.25) is 25.7 Å². The van der Waals surface area contributed by atoms with Crippen LogP contribution in [0.3, 0.4) is 0 Å². The van der Waals surface area contributed by atoms with E-state index in [1.54, 1.807) is 20.8 Å². The van der Waals surface area contributed by atoms with Gasteiger partial charge in [-0.3, -0.25) is 0 Å². The van der Waals surface area contributed by atoms with Crippen LogP contribution in [0.25, 0.3) is 0 Å². The van der Waals surface area contributed by atoms with Gasteiger partial charge in [-0.25, -0.2) is 4.79 Å². The fraction of sp³-hybridized carbons (Fsp3) is 0.818. The molecule has 0 fully saturated rings. The Balaban J connectivity index is 4.24. The van der Waals surface area contributed by atoms with E-state index in [2.05, 4.69) is 25.0 Å². The number of amides is 1. The number of carbonyl (C=O) groups is 2. The lowest BCUT2D eigenvalue weighted by Crippen LogP contribution is -2.43. The highest BCUT2D eigenvalue weighted by Crippen LogP contribution is 2.12. The van der Waals surface area contributed by atoms with Gasteiger partial charge in [-0.15, -0.1) is 0 Å². The highest BCUT2D eigenvalue weighted by Gasteiger charge is 2.23. The average Bonchev–Trinajstić information content (AvgIpc) is 1.96. The molecule has 0 aromatic heterocycles. The summed E-state index contributed by atoms with van der Waals surface area (Å²) >= 11 is 0. The molecular formula is C11H23NO3Si. The minimum Gasteiger partial charge on any atom is -0.444 e. The van der Waals surface area contributed by atoms with Crippen LogP contribution in [0.15, 0.2) is 0 Å². The van der Waals surface area contributed by atoms with E-state index >= 15 is 0 Å². The second kappa shape index (κ2) is 5.47. The van der Waals surface area contributed by atoms with Gasteiger partial charge < -0.3 is 14.8 Å². The molecule has 0 spiro atoms. The van der Waals surface area contributed by atoms with Crippen LogP contribution in [-0.2, 0) is 9.53 Å². The van der Waals surface area contributed by atoms with Crippen molar-refractivity contribution in [3.63, 3.8) is 0 Å². The van der Waals surface area contributed by atoms with Gasteiger partial charge in [0.1, 0.15) is 11.9 Å². The van der Waals surface area contributed by atoms with Gasteiger partial charge in [-0.2, -0.15) is 0 Å². The summed E-state index contributed by atoms with van der Waals surface area (Å²) in [6.45, 7) is 11.8. The van der Waals surface area contributed by atoms with E-state index in [1.807, 2.05) is 0 Å². The molecule has 1 amide bonds. The number of nitrogens with one attached hydrogen (secondary N) is 1. The summed E-state index contributed by atoms with van der Waals surface area (Å²) in [6, 6.07) is 0.303. The summed E-state index contributed by atoms with van der Waals surface area (Å²) in [5.41, 5.74) is -0.531. The minimum absolute atomic E-state index is 0.429. The smallest absolute Gasteiger partial charge is 0.408 e. The van der Waals surface area contributed by atoms with Gasteiger partial charge in [0.15, 0.2) is 0 Å². The zero-order valence-electron chi connectivity index (χ0n) is 11.1. The first-order chi connectivity index (χ1) is 7.03. The van der Waals surface area contributed by atoms with Crippen molar-refractivity contribution in [3.05, 3.63) is 0 Å². The van der Waals surface area contributed by atoms with Crippen molar-refractivity contribution in [2.45, 2.75) is 58.1 Å². The molecule has 0 unspecified atom stereocenters. The number of hydrogen-bond acceptors (Lipinski definition) is 3. The molecule has 4 nitrogen and oxygen atoms in total. The number of carbonyl (C=O) groups excluding carboxylic acids is 2. The average molecular weight is 245 g/mol. The van der Waals surface area contributed by atoms with Gasteiger partial charge in [-0.05, 0) is 26.8 Å². The van der Waals surface area contributed by atoms with Gasteiger partial charge >= 0.3 is 6.09 Å². The Hall–Kier alpha value is -0.843. The highest BCUT2D eigenvalue weighted by molar-refractivity contribution is 6.76. The van der Waals surface area contributed by atoms with Crippen molar-refractivity contribution in [3.8, 4) is 0 Å². The van der Waals surface area contributed by atoms with Crippen molar-refractivity contribution in [2.75, 3.05) is 0 Å². The first-order valence-corrected chi connectivity index (χ1v) is 9.19. The maximum absolute atomic E-state index is 11.4. The Kier molecular flexibility index (Phi) is 5.19. The molecule has 0 saturated heterocycles. The summed E-state index contributed by atoms with van der Waals surface area (Å²) in [4.78, 5) is 22.3. The molecule has 1 N–H and O–H groups in total. The Morgan fingerprint density at radius 1 is 1.38 bits per heavy atom. The number of rotatable bonds is 4. The van der Waals surface area contributed by atoms with Crippen LogP contribution in [0.4, 0.5) is 4.79 Å². The summed E-state index contributed by atoms with van der Waals surface area (Å²) in [5, 5.41) is 2.59. The Bertz CT molecular complexity index is 253. The van der Waals surface area contributed by atoms with Crippen LogP contribution < -0.4 is 5.32 Å². The second-order valence-electron chi connectivity index (χ2n) is 6.15. The van der Waals surface area contributed by atoms with E-state index in [-0.39, 0.29) is 0 Å². The quantitative estimate of drug-likeness (QED) is 0.611. The SMILES string of the molecule is CC(C)(C)OC(=O)N[C@H](C=O)C[Si](C)(C)C. The number of hydrogen-bond donors (Lipinski definition) is 1. The van der Waals surface area contributed by atoms with Crippen LogP contribution in [-0.4, -0.2) is 32.1 Å². The van der Waals surface area contributed by atoms with Crippen molar-refractivity contribution in [1.29, 1.82) is 0 Å². The largest absolute Gasteiger partial charge is 0.444 e. The molecule has 0 rings (SSSR count). The molecule has 0 aliphatic heterocycles. The summed E-state index contributed by atoms with van der Waals surface area (Å²) in [6.07, 6.45) is 0.255. The van der Waals surface area contributed by atoms with Crippen molar-refractivity contribution < 1.29 is 14.3 Å². The molecule has 0 saturated carbocycles. The molecule has 94 valence electrons. The predicted octanol–water partition coefficient (Wildman–Crippen LogP) is 2.42. The number of aldehydes is 1. The highest BCUT2D eigenvalue weighted by atomic mass is 28.3. The van der Waals surface area contributed by atoms with E-state index < -0.39 is 25.8 Å². The van der Waals surface area contributed by atoms with Gasteiger partial charge in [0, 0.05) is 8.07 Å². The molecular weight excluding hydrogens is 222 g/mol. The lowest BCUT2D eigenvalue weighted by molar-refractivity contribution is -0.109. The summed E-state index contributed by atoms with van der Waals surface area (Å²) in [7, 11) is -1.37. The standard InChI is InChI=1S/C11H23NO3Si/c1-11(2,3)15-10(14)12-9(7-13)8-16(4,5)6/h7,9H,8H2,1-6H3,(H,12,14)/t9-/m1/s1. The molecule has 1 atom stereocenters. The molecule has 0 radical (unpaired) electrons. The molecule has 5 heteroatoms. The lowest BCUT2D eigenvalue weighted by atomic mass is 10.2. The Labute approximate surface area is 98.8 Å². The normalized spacial score (nSPS) is 14.1. The lowest BCUT2D eigenvalue weighted by Gasteiger charge is -2.24. The summed E-state index contributed by atoms with van der Waals surface area (Å²) < 4.78 is 5.09. The van der Waals surface area contributed by atoms with Crippen LogP contribution in [0.5, 0.6) is 0 Å². The Morgan fingerprint density at radius 3 is 2.19 bits per heavy atom. The molecule has 0 aliphatic carbocycles. The molecule has 0 heterocycles. The monoisotopic (exact) mass is 245 g/mol. The molecule has 16 heavy (non-hydrogen) atoms. The van der Waals surface area contributed by atoms with Gasteiger partial charge in [-0.1, -0.05) is 19.6 Å². The van der Waals surface area contributed by atoms with E-state index in [4.69, 9.17) is 4.74 Å².